The molecule has 0 heterocycles. The van der Waals surface area contributed by atoms with E-state index in [9.17, 15) is 19.5 Å². The van der Waals surface area contributed by atoms with Gasteiger partial charge in [-0.25, -0.2) is 0 Å². The number of hydrogen-bond acceptors (Lipinski definition) is 4. The van der Waals surface area contributed by atoms with Crippen molar-refractivity contribution in [1.29, 1.82) is 0 Å². The highest BCUT2D eigenvalue weighted by Gasteiger charge is 2.63. The average molecular weight is 350 g/mol. The second-order valence-corrected chi connectivity index (χ2v) is 9.09. The van der Waals surface area contributed by atoms with Gasteiger partial charge in [0, 0.05) is 30.1 Å². The molecule has 5 heteroatoms. The second-order valence-electron chi connectivity index (χ2n) is 9.09. The van der Waals surface area contributed by atoms with Crippen molar-refractivity contribution in [3.05, 3.63) is 0 Å². The molecule has 0 bridgehead atoms. The molecule has 140 valence electrons. The lowest BCUT2D eigenvalue weighted by Crippen LogP contribution is -2.58. The summed E-state index contributed by atoms with van der Waals surface area (Å²) in [6.45, 7) is 5.65. The highest BCUT2D eigenvalue weighted by molar-refractivity contribution is 5.86. The minimum absolute atomic E-state index is 0.00370. The minimum Gasteiger partial charge on any atom is -0.481 e. The van der Waals surface area contributed by atoms with Gasteiger partial charge in [-0.2, -0.15) is 0 Å². The summed E-state index contributed by atoms with van der Waals surface area (Å²) in [7, 11) is 0. The number of carbonyl (C=O) groups is 3. The smallest absolute Gasteiger partial charge is 0.303 e. The van der Waals surface area contributed by atoms with Gasteiger partial charge in [-0.05, 0) is 56.3 Å². The zero-order valence-corrected chi connectivity index (χ0v) is 15.5. The predicted octanol–water partition coefficient (Wildman–Crippen LogP) is 2.84. The monoisotopic (exact) mass is 350 g/mol. The molecule has 7 atom stereocenters. The fraction of sp³-hybridized carbons (Fsp3) is 0.850. The molecule has 0 amide bonds. The standard InChI is InChI=1S/C20H30O5/c1-11(21)13-5-6-14-12-4-7-16(23)19(2,9-8-17(24)25)18(12)15(22)10-20(13,14)3/h12-15,18,22H,4-10H2,1-3H3,(H,24,25)/t12-,13+,14-,15+,18+,19-,20+/m0/s1. The van der Waals surface area contributed by atoms with Crippen LogP contribution in [0.1, 0.15) is 65.7 Å². The van der Waals surface area contributed by atoms with Crippen LogP contribution in [0.2, 0.25) is 0 Å². The van der Waals surface area contributed by atoms with Gasteiger partial charge in [0.25, 0.3) is 0 Å². The van der Waals surface area contributed by atoms with Crippen LogP contribution in [0.15, 0.2) is 0 Å². The quantitative estimate of drug-likeness (QED) is 0.813. The molecule has 0 spiro atoms. The number of rotatable bonds is 4. The van der Waals surface area contributed by atoms with E-state index >= 15 is 0 Å². The highest BCUT2D eigenvalue weighted by atomic mass is 16.4. The fourth-order valence-corrected chi connectivity index (χ4v) is 6.76. The van der Waals surface area contributed by atoms with Crippen molar-refractivity contribution in [1.82, 2.24) is 0 Å². The third-order valence-electron chi connectivity index (χ3n) is 7.88. The summed E-state index contributed by atoms with van der Waals surface area (Å²) in [6, 6.07) is 0. The number of carboxylic acid groups (broad SMARTS) is 1. The third-order valence-corrected chi connectivity index (χ3v) is 7.88. The van der Waals surface area contributed by atoms with E-state index in [4.69, 9.17) is 5.11 Å². The van der Waals surface area contributed by atoms with E-state index in [1.54, 1.807) is 6.92 Å². The first-order valence-electron chi connectivity index (χ1n) is 9.55. The van der Waals surface area contributed by atoms with Crippen molar-refractivity contribution in [2.45, 2.75) is 71.8 Å². The first-order chi connectivity index (χ1) is 11.6. The van der Waals surface area contributed by atoms with Crippen molar-refractivity contribution in [2.24, 2.45) is 34.5 Å². The summed E-state index contributed by atoms with van der Waals surface area (Å²) in [5.41, 5.74) is -0.961. The lowest BCUT2D eigenvalue weighted by atomic mass is 9.47. The fourth-order valence-electron chi connectivity index (χ4n) is 6.76. The summed E-state index contributed by atoms with van der Waals surface area (Å²) in [4.78, 5) is 35.9. The topological polar surface area (TPSA) is 91.7 Å². The number of aliphatic carboxylic acids is 1. The van der Waals surface area contributed by atoms with Gasteiger partial charge in [-0.15, -0.1) is 0 Å². The molecule has 0 radical (unpaired) electrons. The van der Waals surface area contributed by atoms with Crippen LogP contribution in [-0.4, -0.2) is 33.9 Å². The number of carboxylic acids is 1. The van der Waals surface area contributed by atoms with Gasteiger partial charge in [-0.3, -0.25) is 14.4 Å². The zero-order chi connectivity index (χ0) is 18.6. The second kappa shape index (κ2) is 6.19. The summed E-state index contributed by atoms with van der Waals surface area (Å²) in [5.74, 6) is -0.242. The summed E-state index contributed by atoms with van der Waals surface area (Å²) >= 11 is 0. The summed E-state index contributed by atoms with van der Waals surface area (Å²) in [5, 5.41) is 20.1. The van der Waals surface area contributed by atoms with E-state index in [0.29, 0.717) is 25.2 Å². The lowest BCUT2D eigenvalue weighted by molar-refractivity contribution is -0.167. The third kappa shape index (κ3) is 2.75. The van der Waals surface area contributed by atoms with Gasteiger partial charge in [0.15, 0.2) is 0 Å². The van der Waals surface area contributed by atoms with Gasteiger partial charge >= 0.3 is 5.97 Å². The Hall–Kier alpha value is -1.23. The first-order valence-corrected chi connectivity index (χ1v) is 9.55. The molecule has 0 aliphatic heterocycles. The molecule has 0 aromatic rings. The molecule has 0 saturated heterocycles. The molecule has 0 unspecified atom stereocenters. The van der Waals surface area contributed by atoms with Crippen LogP contribution in [0, 0.1) is 34.5 Å². The maximum absolute atomic E-state index is 12.7. The predicted molar refractivity (Wildman–Crippen MR) is 91.8 cm³/mol. The number of aliphatic hydroxyl groups is 1. The van der Waals surface area contributed by atoms with Crippen LogP contribution in [0.3, 0.4) is 0 Å². The van der Waals surface area contributed by atoms with Gasteiger partial charge in [-0.1, -0.05) is 13.8 Å². The summed E-state index contributed by atoms with van der Waals surface area (Å²) < 4.78 is 0. The van der Waals surface area contributed by atoms with Gasteiger partial charge in [0.05, 0.1) is 6.10 Å². The van der Waals surface area contributed by atoms with Gasteiger partial charge in [0.1, 0.15) is 11.6 Å². The number of carbonyl (C=O) groups excluding carboxylic acids is 2. The van der Waals surface area contributed by atoms with Crippen LogP contribution in [0.25, 0.3) is 0 Å². The van der Waals surface area contributed by atoms with Crippen LogP contribution in [0.5, 0.6) is 0 Å². The van der Waals surface area contributed by atoms with Gasteiger partial charge < -0.3 is 10.2 Å². The molecular formula is C20H30O5. The molecule has 2 N–H and O–H groups in total. The minimum atomic E-state index is -0.899. The molecular weight excluding hydrogens is 320 g/mol. The summed E-state index contributed by atoms with van der Waals surface area (Å²) in [6.07, 6.45) is 3.20. The van der Waals surface area contributed by atoms with E-state index in [-0.39, 0.29) is 41.2 Å². The maximum atomic E-state index is 12.7. The maximum Gasteiger partial charge on any atom is 0.303 e. The van der Waals surface area contributed by atoms with Crippen molar-refractivity contribution in [3.8, 4) is 0 Å². The van der Waals surface area contributed by atoms with Crippen LogP contribution < -0.4 is 0 Å². The van der Waals surface area contributed by atoms with Crippen LogP contribution >= 0.6 is 0 Å². The van der Waals surface area contributed by atoms with E-state index < -0.39 is 17.5 Å². The molecule has 25 heavy (non-hydrogen) atoms. The number of Topliss-reactive ketones (excluding diaryl/α,β-unsaturated/α-hetero) is 2. The Morgan fingerprint density at radius 1 is 1.20 bits per heavy atom. The molecule has 5 nitrogen and oxygen atoms in total. The first kappa shape index (κ1) is 18.6. The van der Waals surface area contributed by atoms with Crippen molar-refractivity contribution >= 4 is 17.5 Å². The number of aliphatic hydroxyl groups excluding tert-OH is 1. The number of hydrogen-bond donors (Lipinski definition) is 2. The van der Waals surface area contributed by atoms with E-state index in [2.05, 4.69) is 6.92 Å². The molecule has 0 aromatic heterocycles. The Balaban J connectivity index is 1.94. The molecule has 3 fully saturated rings. The Morgan fingerprint density at radius 2 is 1.88 bits per heavy atom. The average Bonchev–Trinajstić information content (AvgIpc) is 2.85. The zero-order valence-electron chi connectivity index (χ0n) is 15.5. The number of ketones is 2. The van der Waals surface area contributed by atoms with E-state index in [1.165, 1.54) is 0 Å². The normalized spacial score (nSPS) is 46.4. The molecule has 0 aromatic carbocycles. The lowest BCUT2D eigenvalue weighted by Gasteiger charge is -2.57. The molecule has 3 aliphatic carbocycles. The largest absolute Gasteiger partial charge is 0.481 e. The Morgan fingerprint density at radius 3 is 2.48 bits per heavy atom. The Kier molecular flexibility index (Phi) is 4.59. The van der Waals surface area contributed by atoms with Crippen molar-refractivity contribution in [3.63, 3.8) is 0 Å². The molecule has 3 saturated carbocycles. The highest BCUT2D eigenvalue weighted by Crippen LogP contribution is 2.64. The van der Waals surface area contributed by atoms with Crippen molar-refractivity contribution < 1.29 is 24.6 Å². The van der Waals surface area contributed by atoms with E-state index in [1.807, 2.05) is 6.92 Å². The molecule has 3 aliphatic rings. The Labute approximate surface area is 149 Å². The molecule has 3 rings (SSSR count). The van der Waals surface area contributed by atoms with Crippen molar-refractivity contribution in [2.75, 3.05) is 0 Å². The number of fused-ring (bicyclic) bond motifs is 3. The van der Waals surface area contributed by atoms with Crippen LogP contribution in [0.4, 0.5) is 0 Å². The van der Waals surface area contributed by atoms with Crippen LogP contribution in [-0.2, 0) is 14.4 Å². The van der Waals surface area contributed by atoms with Gasteiger partial charge in [0.2, 0.25) is 0 Å². The van der Waals surface area contributed by atoms with E-state index in [0.717, 1.165) is 19.3 Å². The SMILES string of the molecule is CC(=O)[C@H]1CC[C@H]2[C@@H]3CCC(=O)[C@](C)(CCC(=O)O)[C@H]3[C@H](O)C[C@]12C. The Bertz CT molecular complexity index is 599.